The Hall–Kier alpha value is -2.55. The van der Waals surface area contributed by atoms with Crippen molar-refractivity contribution >= 4 is 28.1 Å². The van der Waals surface area contributed by atoms with E-state index >= 15 is 0 Å². The van der Waals surface area contributed by atoms with Crippen molar-refractivity contribution in [2.45, 2.75) is 12.6 Å². The molecule has 5 nitrogen and oxygen atoms in total. The third-order valence-electron chi connectivity index (χ3n) is 3.11. The fourth-order valence-electron chi connectivity index (χ4n) is 1.93. The molecular formula is C16H12BrF3N2O3. The molecule has 0 heterocycles. The summed E-state index contributed by atoms with van der Waals surface area (Å²) in [6.45, 7) is 0. The van der Waals surface area contributed by atoms with E-state index in [1.807, 2.05) is 0 Å². The number of carbonyl (C=O) groups excluding carboxylic acids is 1. The van der Waals surface area contributed by atoms with Crippen LogP contribution in [0.3, 0.4) is 0 Å². The first-order valence-corrected chi connectivity index (χ1v) is 7.65. The summed E-state index contributed by atoms with van der Waals surface area (Å²) < 4.78 is 38.2. The molecule has 0 unspecified atom stereocenters. The van der Waals surface area contributed by atoms with Gasteiger partial charge in [0.05, 0.1) is 22.7 Å². The van der Waals surface area contributed by atoms with Crippen molar-refractivity contribution in [2.75, 3.05) is 0 Å². The van der Waals surface area contributed by atoms with Gasteiger partial charge in [-0.25, -0.2) is 5.43 Å². The average molecular weight is 417 g/mol. The Morgan fingerprint density at radius 3 is 2.60 bits per heavy atom. The van der Waals surface area contributed by atoms with Crippen LogP contribution in [0, 0.1) is 0 Å². The zero-order valence-electron chi connectivity index (χ0n) is 12.5. The van der Waals surface area contributed by atoms with E-state index in [-0.39, 0.29) is 29.0 Å². The quantitative estimate of drug-likeness (QED) is 0.526. The predicted octanol–water partition coefficient (Wildman–Crippen LogP) is 3.57. The van der Waals surface area contributed by atoms with E-state index in [4.69, 9.17) is 0 Å². The molecule has 0 aliphatic carbocycles. The minimum absolute atomic E-state index is 0.164. The van der Waals surface area contributed by atoms with Crippen molar-refractivity contribution in [3.63, 3.8) is 0 Å². The van der Waals surface area contributed by atoms with Crippen molar-refractivity contribution < 1.29 is 28.2 Å². The van der Waals surface area contributed by atoms with E-state index in [0.717, 1.165) is 24.4 Å². The average Bonchev–Trinajstić information content (AvgIpc) is 2.51. The molecule has 0 atom stereocenters. The van der Waals surface area contributed by atoms with Crippen molar-refractivity contribution in [1.82, 2.24) is 5.43 Å². The SMILES string of the molecule is O=C(Cc1cccc(C(F)(F)F)c1)NN=Cc1cc(Br)c(O)cc1O. The lowest BCUT2D eigenvalue weighted by Crippen LogP contribution is -2.20. The topological polar surface area (TPSA) is 81.9 Å². The van der Waals surface area contributed by atoms with Crippen LogP contribution in [-0.4, -0.2) is 22.3 Å². The normalized spacial score (nSPS) is 11.7. The highest BCUT2D eigenvalue weighted by molar-refractivity contribution is 9.10. The van der Waals surface area contributed by atoms with Gasteiger partial charge < -0.3 is 10.2 Å². The third kappa shape index (κ3) is 5.21. The maximum Gasteiger partial charge on any atom is 0.416 e. The Morgan fingerprint density at radius 1 is 1.20 bits per heavy atom. The first-order valence-electron chi connectivity index (χ1n) is 6.86. The van der Waals surface area contributed by atoms with Gasteiger partial charge in [0.1, 0.15) is 11.5 Å². The van der Waals surface area contributed by atoms with Crippen LogP contribution in [0.5, 0.6) is 11.5 Å². The molecule has 2 rings (SSSR count). The highest BCUT2D eigenvalue weighted by atomic mass is 79.9. The summed E-state index contributed by atoms with van der Waals surface area (Å²) in [6, 6.07) is 6.92. The van der Waals surface area contributed by atoms with Gasteiger partial charge in [0.2, 0.25) is 5.91 Å². The molecular weight excluding hydrogens is 405 g/mol. The lowest BCUT2D eigenvalue weighted by Gasteiger charge is -2.08. The smallest absolute Gasteiger partial charge is 0.416 e. The van der Waals surface area contributed by atoms with Crippen molar-refractivity contribution in [3.8, 4) is 11.5 Å². The standard InChI is InChI=1S/C16H12BrF3N2O3/c17-12-6-10(13(23)7-14(12)24)8-21-22-15(25)5-9-2-1-3-11(4-9)16(18,19)20/h1-4,6-8,23-24H,5H2,(H,22,25). The third-order valence-corrected chi connectivity index (χ3v) is 3.74. The van der Waals surface area contributed by atoms with Gasteiger partial charge in [-0.1, -0.05) is 18.2 Å². The minimum atomic E-state index is -4.48. The van der Waals surface area contributed by atoms with Crippen LogP contribution in [0.15, 0.2) is 46.0 Å². The number of nitrogens with zero attached hydrogens (tertiary/aromatic N) is 1. The van der Waals surface area contributed by atoms with Gasteiger partial charge in [-0.15, -0.1) is 0 Å². The largest absolute Gasteiger partial charge is 0.507 e. The lowest BCUT2D eigenvalue weighted by molar-refractivity contribution is -0.137. The molecule has 132 valence electrons. The zero-order chi connectivity index (χ0) is 18.6. The summed E-state index contributed by atoms with van der Waals surface area (Å²) in [5, 5.41) is 22.6. The van der Waals surface area contributed by atoms with E-state index < -0.39 is 17.6 Å². The number of halogens is 4. The van der Waals surface area contributed by atoms with Crippen LogP contribution < -0.4 is 5.43 Å². The van der Waals surface area contributed by atoms with E-state index in [1.165, 1.54) is 18.2 Å². The molecule has 1 amide bonds. The Kier molecular flexibility index (Phi) is 5.68. The Balaban J connectivity index is 2.01. The second-order valence-corrected chi connectivity index (χ2v) is 5.88. The summed E-state index contributed by atoms with van der Waals surface area (Å²) in [7, 11) is 0. The maximum absolute atomic E-state index is 12.6. The summed E-state index contributed by atoms with van der Waals surface area (Å²) in [5.74, 6) is -1.03. The number of hydrogen-bond donors (Lipinski definition) is 3. The van der Waals surface area contributed by atoms with Gasteiger partial charge in [0, 0.05) is 11.6 Å². The van der Waals surface area contributed by atoms with Gasteiger partial charge >= 0.3 is 6.18 Å². The highest BCUT2D eigenvalue weighted by Crippen LogP contribution is 2.30. The zero-order valence-corrected chi connectivity index (χ0v) is 14.1. The second kappa shape index (κ2) is 7.56. The summed E-state index contributed by atoms with van der Waals surface area (Å²) in [6.07, 6.45) is -3.62. The molecule has 0 radical (unpaired) electrons. The van der Waals surface area contributed by atoms with Crippen LogP contribution in [0.25, 0.3) is 0 Å². The summed E-state index contributed by atoms with van der Waals surface area (Å²) >= 11 is 3.07. The number of carbonyl (C=O) groups is 1. The molecule has 2 aromatic rings. The number of aromatic hydroxyl groups is 2. The van der Waals surface area contributed by atoms with Crippen LogP contribution in [-0.2, 0) is 17.4 Å². The van der Waals surface area contributed by atoms with Crippen LogP contribution in [0.1, 0.15) is 16.7 Å². The number of nitrogens with one attached hydrogen (secondary N) is 1. The molecule has 25 heavy (non-hydrogen) atoms. The molecule has 2 aromatic carbocycles. The molecule has 0 spiro atoms. The maximum atomic E-state index is 12.6. The van der Waals surface area contributed by atoms with Gasteiger partial charge in [-0.3, -0.25) is 4.79 Å². The fourth-order valence-corrected chi connectivity index (χ4v) is 2.29. The molecule has 0 bridgehead atoms. The fraction of sp³-hybridized carbons (Fsp3) is 0.125. The van der Waals surface area contributed by atoms with Crippen molar-refractivity contribution in [1.29, 1.82) is 0 Å². The summed E-state index contributed by atoms with van der Waals surface area (Å²) in [4.78, 5) is 11.8. The van der Waals surface area contributed by atoms with Crippen LogP contribution in [0.2, 0.25) is 0 Å². The number of benzene rings is 2. The number of alkyl halides is 3. The molecule has 0 aliphatic rings. The number of hydrazone groups is 1. The Labute approximate surface area is 148 Å². The van der Waals surface area contributed by atoms with Gasteiger partial charge in [0.25, 0.3) is 0 Å². The van der Waals surface area contributed by atoms with Crippen LogP contribution in [0.4, 0.5) is 13.2 Å². The predicted molar refractivity (Wildman–Crippen MR) is 88.4 cm³/mol. The van der Waals surface area contributed by atoms with Gasteiger partial charge in [-0.05, 0) is 33.6 Å². The van der Waals surface area contributed by atoms with E-state index in [1.54, 1.807) is 0 Å². The monoisotopic (exact) mass is 416 g/mol. The molecule has 0 saturated carbocycles. The molecule has 0 aromatic heterocycles. The number of amides is 1. The molecule has 0 aliphatic heterocycles. The highest BCUT2D eigenvalue weighted by Gasteiger charge is 2.30. The minimum Gasteiger partial charge on any atom is -0.507 e. The van der Waals surface area contributed by atoms with Crippen molar-refractivity contribution in [3.05, 3.63) is 57.6 Å². The lowest BCUT2D eigenvalue weighted by atomic mass is 10.1. The molecule has 0 fully saturated rings. The first kappa shape index (κ1) is 18.8. The summed E-state index contributed by atoms with van der Waals surface area (Å²) in [5.41, 5.74) is 1.74. The Morgan fingerprint density at radius 2 is 1.92 bits per heavy atom. The number of phenols is 2. The van der Waals surface area contributed by atoms with E-state index in [0.29, 0.717) is 4.47 Å². The van der Waals surface area contributed by atoms with Gasteiger partial charge in [-0.2, -0.15) is 18.3 Å². The number of phenolic OH excluding ortho intramolecular Hbond substituents is 2. The Bertz CT molecular complexity index is 823. The van der Waals surface area contributed by atoms with Gasteiger partial charge in [0.15, 0.2) is 0 Å². The molecule has 3 N–H and O–H groups in total. The van der Waals surface area contributed by atoms with E-state index in [2.05, 4.69) is 26.5 Å². The second-order valence-electron chi connectivity index (χ2n) is 5.03. The number of rotatable bonds is 4. The number of hydrogen-bond acceptors (Lipinski definition) is 4. The molecule has 0 saturated heterocycles. The molecule has 9 heteroatoms. The van der Waals surface area contributed by atoms with Crippen LogP contribution >= 0.6 is 15.9 Å². The first-order chi connectivity index (χ1) is 11.7. The van der Waals surface area contributed by atoms with E-state index in [9.17, 15) is 28.2 Å². The van der Waals surface area contributed by atoms with Crippen molar-refractivity contribution in [2.24, 2.45) is 5.10 Å².